The van der Waals surface area contributed by atoms with Gasteiger partial charge in [0.15, 0.2) is 0 Å². The third-order valence-corrected chi connectivity index (χ3v) is 3.81. The molecule has 4 nitrogen and oxygen atoms in total. The summed E-state index contributed by atoms with van der Waals surface area (Å²) < 4.78 is 0. The lowest BCUT2D eigenvalue weighted by Crippen LogP contribution is -1.95. The molecule has 2 N–H and O–H groups in total. The molecular weight excluding hydrogens is 300 g/mol. The maximum absolute atomic E-state index is 9.81. The fraction of sp³-hybridized carbons (Fsp3) is 0. The Bertz CT molecular complexity index is 960. The van der Waals surface area contributed by atoms with Gasteiger partial charge in [0.1, 0.15) is 11.5 Å². The number of rotatable bonds is 2. The molecule has 24 heavy (non-hydrogen) atoms. The molecule has 0 aliphatic rings. The van der Waals surface area contributed by atoms with Crippen molar-refractivity contribution < 1.29 is 10.2 Å². The molecule has 4 aromatic rings. The van der Waals surface area contributed by atoms with Gasteiger partial charge in [0.2, 0.25) is 0 Å². The standard InChI is InChI=1S/C20H14N2O2/c23-15-7-3-5-13(11-15)19-20(14-6-4-8-16(24)12-14)22-18-10-2-1-9-17(18)21-19/h1-12,23-24H. The van der Waals surface area contributed by atoms with Gasteiger partial charge >= 0.3 is 0 Å². The van der Waals surface area contributed by atoms with Crippen LogP contribution in [0.2, 0.25) is 0 Å². The lowest BCUT2D eigenvalue weighted by molar-refractivity contribution is 0.475. The SMILES string of the molecule is Oc1cccc(-c2nc3ccccc3nc2-c2cccc(O)c2)c1. The van der Waals surface area contributed by atoms with Gasteiger partial charge in [-0.05, 0) is 36.4 Å². The van der Waals surface area contributed by atoms with Crippen molar-refractivity contribution in [1.82, 2.24) is 9.97 Å². The minimum Gasteiger partial charge on any atom is -0.508 e. The number of fused-ring (bicyclic) bond motifs is 1. The third-order valence-electron chi connectivity index (χ3n) is 3.81. The van der Waals surface area contributed by atoms with Gasteiger partial charge in [-0.15, -0.1) is 0 Å². The number of phenolic OH excluding ortho intramolecular Hbond substituents is 2. The maximum atomic E-state index is 9.81. The third kappa shape index (κ3) is 2.54. The molecule has 0 bridgehead atoms. The second-order valence-electron chi connectivity index (χ2n) is 5.51. The number of phenols is 2. The van der Waals surface area contributed by atoms with E-state index in [4.69, 9.17) is 9.97 Å². The molecule has 3 aromatic carbocycles. The highest BCUT2D eigenvalue weighted by molar-refractivity contribution is 5.86. The van der Waals surface area contributed by atoms with Crippen molar-refractivity contribution in [2.45, 2.75) is 0 Å². The summed E-state index contributed by atoms with van der Waals surface area (Å²) in [4.78, 5) is 9.47. The van der Waals surface area contributed by atoms with Crippen LogP contribution in [0.5, 0.6) is 11.5 Å². The predicted molar refractivity (Wildman–Crippen MR) is 93.7 cm³/mol. The Morgan fingerprint density at radius 2 is 1.00 bits per heavy atom. The van der Waals surface area contributed by atoms with E-state index >= 15 is 0 Å². The van der Waals surface area contributed by atoms with Crippen LogP contribution in [0.1, 0.15) is 0 Å². The Morgan fingerprint density at radius 1 is 0.542 bits per heavy atom. The van der Waals surface area contributed by atoms with E-state index in [2.05, 4.69) is 0 Å². The van der Waals surface area contributed by atoms with Gasteiger partial charge < -0.3 is 10.2 Å². The highest BCUT2D eigenvalue weighted by Gasteiger charge is 2.14. The number of para-hydroxylation sites is 2. The highest BCUT2D eigenvalue weighted by atomic mass is 16.3. The van der Waals surface area contributed by atoms with Crippen LogP contribution < -0.4 is 0 Å². The van der Waals surface area contributed by atoms with Crippen molar-refractivity contribution in [3.63, 3.8) is 0 Å². The number of aromatic nitrogens is 2. The molecule has 0 aliphatic heterocycles. The summed E-state index contributed by atoms with van der Waals surface area (Å²) in [6.45, 7) is 0. The Balaban J connectivity index is 2.04. The topological polar surface area (TPSA) is 66.2 Å². The lowest BCUT2D eigenvalue weighted by atomic mass is 10.0. The minimum atomic E-state index is 0.171. The molecule has 0 unspecified atom stereocenters. The van der Waals surface area contributed by atoms with Crippen LogP contribution >= 0.6 is 0 Å². The zero-order valence-electron chi connectivity index (χ0n) is 12.7. The molecule has 116 valence electrons. The van der Waals surface area contributed by atoms with Gasteiger partial charge in [0, 0.05) is 11.1 Å². The van der Waals surface area contributed by atoms with E-state index in [1.807, 2.05) is 36.4 Å². The quantitative estimate of drug-likeness (QED) is 0.576. The van der Waals surface area contributed by atoms with Crippen LogP contribution in [0.25, 0.3) is 33.5 Å². The Morgan fingerprint density at radius 3 is 1.42 bits per heavy atom. The summed E-state index contributed by atoms with van der Waals surface area (Å²) in [5, 5.41) is 19.6. The van der Waals surface area contributed by atoms with E-state index in [1.165, 1.54) is 0 Å². The van der Waals surface area contributed by atoms with E-state index in [9.17, 15) is 10.2 Å². The zero-order valence-corrected chi connectivity index (χ0v) is 12.7. The zero-order chi connectivity index (χ0) is 16.5. The summed E-state index contributed by atoms with van der Waals surface area (Å²) in [6.07, 6.45) is 0. The van der Waals surface area contributed by atoms with Gasteiger partial charge in [-0.3, -0.25) is 0 Å². The number of aromatic hydroxyl groups is 2. The van der Waals surface area contributed by atoms with Crippen molar-refractivity contribution in [2.24, 2.45) is 0 Å². The first-order chi connectivity index (χ1) is 11.7. The van der Waals surface area contributed by atoms with Crippen LogP contribution in [0.3, 0.4) is 0 Å². The number of benzene rings is 3. The molecule has 0 amide bonds. The molecule has 1 aromatic heterocycles. The average Bonchev–Trinajstić information content (AvgIpc) is 2.60. The summed E-state index contributed by atoms with van der Waals surface area (Å²) >= 11 is 0. The summed E-state index contributed by atoms with van der Waals surface area (Å²) in [5.41, 5.74) is 4.42. The van der Waals surface area contributed by atoms with E-state index in [-0.39, 0.29) is 11.5 Å². The Hall–Kier alpha value is -3.40. The first kappa shape index (κ1) is 14.2. The second-order valence-corrected chi connectivity index (χ2v) is 5.51. The molecule has 0 fully saturated rings. The number of nitrogens with zero attached hydrogens (tertiary/aromatic N) is 2. The maximum Gasteiger partial charge on any atom is 0.116 e. The van der Waals surface area contributed by atoms with Crippen molar-refractivity contribution in [3.8, 4) is 34.0 Å². The molecular formula is C20H14N2O2. The predicted octanol–water partition coefficient (Wildman–Crippen LogP) is 4.38. The normalized spacial score (nSPS) is 10.8. The monoisotopic (exact) mass is 314 g/mol. The summed E-state index contributed by atoms with van der Waals surface area (Å²) in [5.74, 6) is 0.341. The van der Waals surface area contributed by atoms with E-state index < -0.39 is 0 Å². The van der Waals surface area contributed by atoms with Crippen molar-refractivity contribution in [2.75, 3.05) is 0 Å². The Labute approximate surface area is 138 Å². The van der Waals surface area contributed by atoms with Gasteiger partial charge in [-0.1, -0.05) is 36.4 Å². The second kappa shape index (κ2) is 5.66. The van der Waals surface area contributed by atoms with E-state index in [0.29, 0.717) is 11.4 Å². The summed E-state index contributed by atoms with van der Waals surface area (Å²) in [7, 11) is 0. The minimum absolute atomic E-state index is 0.171. The van der Waals surface area contributed by atoms with Gasteiger partial charge in [0.25, 0.3) is 0 Å². The smallest absolute Gasteiger partial charge is 0.116 e. The van der Waals surface area contributed by atoms with Crippen LogP contribution in [-0.4, -0.2) is 20.2 Å². The fourth-order valence-corrected chi connectivity index (χ4v) is 2.71. The molecule has 0 saturated carbocycles. The van der Waals surface area contributed by atoms with Gasteiger partial charge in [-0.2, -0.15) is 0 Å². The first-order valence-corrected chi connectivity index (χ1v) is 7.56. The molecule has 0 aliphatic carbocycles. The average molecular weight is 314 g/mol. The molecule has 0 spiro atoms. The fourth-order valence-electron chi connectivity index (χ4n) is 2.71. The molecule has 1 heterocycles. The first-order valence-electron chi connectivity index (χ1n) is 7.56. The number of hydrogen-bond donors (Lipinski definition) is 2. The number of hydrogen-bond acceptors (Lipinski definition) is 4. The summed E-state index contributed by atoms with van der Waals surface area (Å²) in [6, 6.07) is 21.5. The molecule has 0 saturated heterocycles. The van der Waals surface area contributed by atoms with Crippen LogP contribution in [0, 0.1) is 0 Å². The Kier molecular flexibility index (Phi) is 3.35. The van der Waals surface area contributed by atoms with E-state index in [1.54, 1.807) is 36.4 Å². The van der Waals surface area contributed by atoms with Crippen molar-refractivity contribution >= 4 is 11.0 Å². The van der Waals surface area contributed by atoms with Gasteiger partial charge in [0.05, 0.1) is 22.4 Å². The molecule has 0 atom stereocenters. The molecule has 4 heteroatoms. The lowest BCUT2D eigenvalue weighted by Gasteiger charge is -2.11. The van der Waals surface area contributed by atoms with Crippen LogP contribution in [0.15, 0.2) is 72.8 Å². The van der Waals surface area contributed by atoms with E-state index in [0.717, 1.165) is 22.2 Å². The van der Waals surface area contributed by atoms with Crippen LogP contribution in [0.4, 0.5) is 0 Å². The van der Waals surface area contributed by atoms with Gasteiger partial charge in [-0.25, -0.2) is 9.97 Å². The molecule has 4 rings (SSSR count). The van der Waals surface area contributed by atoms with Crippen LogP contribution in [-0.2, 0) is 0 Å². The van der Waals surface area contributed by atoms with Crippen molar-refractivity contribution in [1.29, 1.82) is 0 Å². The molecule has 0 radical (unpaired) electrons. The largest absolute Gasteiger partial charge is 0.508 e. The highest BCUT2D eigenvalue weighted by Crippen LogP contribution is 2.33. The van der Waals surface area contributed by atoms with Crippen molar-refractivity contribution in [3.05, 3.63) is 72.8 Å².